The number of aryl methyl sites for hydroxylation is 1. The topological polar surface area (TPSA) is 69.4 Å². The SMILES string of the molecule is Cc1cn(-c2ccc3n(c2=O)CCN(CCOc2cc(Cl)c4ccccc4c2)C3=O)cn1. The van der Waals surface area contributed by atoms with Gasteiger partial charge in [0, 0.05) is 24.7 Å². The molecular weight excluding hydrogens is 428 g/mol. The summed E-state index contributed by atoms with van der Waals surface area (Å²) in [4.78, 5) is 31.8. The van der Waals surface area contributed by atoms with Gasteiger partial charge in [-0.05, 0) is 36.6 Å². The number of fused-ring (bicyclic) bond motifs is 2. The summed E-state index contributed by atoms with van der Waals surface area (Å²) in [5, 5.41) is 2.60. The normalized spacial score (nSPS) is 13.4. The van der Waals surface area contributed by atoms with E-state index in [1.165, 1.54) is 4.57 Å². The summed E-state index contributed by atoms with van der Waals surface area (Å²) in [6, 6.07) is 14.9. The second kappa shape index (κ2) is 8.16. The molecule has 0 saturated carbocycles. The minimum Gasteiger partial charge on any atom is -0.492 e. The molecule has 3 heterocycles. The van der Waals surface area contributed by atoms with Crippen LogP contribution < -0.4 is 10.3 Å². The smallest absolute Gasteiger partial charge is 0.275 e. The minimum absolute atomic E-state index is 0.179. The summed E-state index contributed by atoms with van der Waals surface area (Å²) in [5.41, 5.74) is 1.49. The summed E-state index contributed by atoms with van der Waals surface area (Å²) < 4.78 is 9.10. The molecule has 0 aliphatic carbocycles. The van der Waals surface area contributed by atoms with Crippen LogP contribution in [0.5, 0.6) is 5.75 Å². The lowest BCUT2D eigenvalue weighted by Gasteiger charge is -2.29. The summed E-state index contributed by atoms with van der Waals surface area (Å²) >= 11 is 6.36. The molecule has 8 heteroatoms. The first kappa shape index (κ1) is 20.3. The van der Waals surface area contributed by atoms with Crippen molar-refractivity contribution in [2.24, 2.45) is 0 Å². The molecule has 0 bridgehead atoms. The predicted molar refractivity (Wildman–Crippen MR) is 123 cm³/mol. The number of carbonyl (C=O) groups is 1. The molecule has 4 aromatic rings. The third-order valence-electron chi connectivity index (χ3n) is 5.66. The van der Waals surface area contributed by atoms with Crippen molar-refractivity contribution in [2.75, 3.05) is 19.7 Å². The van der Waals surface area contributed by atoms with Gasteiger partial charge in [0.05, 0.1) is 23.6 Å². The highest BCUT2D eigenvalue weighted by Gasteiger charge is 2.26. The molecule has 7 nitrogen and oxygen atoms in total. The molecule has 0 radical (unpaired) electrons. The van der Waals surface area contributed by atoms with Gasteiger partial charge in [0.1, 0.15) is 23.7 Å². The van der Waals surface area contributed by atoms with Gasteiger partial charge in [-0.25, -0.2) is 4.98 Å². The number of hydrogen-bond donors (Lipinski definition) is 0. The molecule has 0 unspecified atom stereocenters. The van der Waals surface area contributed by atoms with E-state index in [9.17, 15) is 9.59 Å². The Morgan fingerprint density at radius 3 is 2.75 bits per heavy atom. The van der Waals surface area contributed by atoms with Crippen molar-refractivity contribution in [3.8, 4) is 11.4 Å². The fourth-order valence-corrected chi connectivity index (χ4v) is 4.30. The Labute approximate surface area is 189 Å². The van der Waals surface area contributed by atoms with Crippen LogP contribution in [0, 0.1) is 6.92 Å². The molecule has 0 spiro atoms. The molecular formula is C24H21ClN4O3. The number of benzene rings is 2. The molecule has 1 aliphatic rings. The molecule has 162 valence electrons. The van der Waals surface area contributed by atoms with Crippen LogP contribution in [0.4, 0.5) is 0 Å². The number of amides is 1. The third kappa shape index (κ3) is 3.65. The number of rotatable bonds is 5. The van der Waals surface area contributed by atoms with Crippen LogP contribution in [0.15, 0.2) is 65.8 Å². The number of pyridine rings is 1. The van der Waals surface area contributed by atoms with E-state index in [4.69, 9.17) is 16.3 Å². The molecule has 5 rings (SSSR count). The summed E-state index contributed by atoms with van der Waals surface area (Å²) in [5.74, 6) is 0.483. The van der Waals surface area contributed by atoms with E-state index in [1.54, 1.807) is 40.2 Å². The average Bonchev–Trinajstić information content (AvgIpc) is 3.22. The lowest BCUT2D eigenvalue weighted by molar-refractivity contribution is 0.0673. The van der Waals surface area contributed by atoms with E-state index in [0.717, 1.165) is 16.5 Å². The second-order valence-electron chi connectivity index (χ2n) is 7.75. The Bertz CT molecular complexity index is 1390. The van der Waals surface area contributed by atoms with Crippen molar-refractivity contribution >= 4 is 28.3 Å². The predicted octanol–water partition coefficient (Wildman–Crippen LogP) is 3.68. The molecule has 2 aromatic carbocycles. The fraction of sp³-hybridized carbons (Fsp3) is 0.208. The van der Waals surface area contributed by atoms with Crippen molar-refractivity contribution in [3.05, 3.63) is 87.8 Å². The quantitative estimate of drug-likeness (QED) is 0.467. The molecule has 0 saturated heterocycles. The van der Waals surface area contributed by atoms with Gasteiger partial charge in [0.15, 0.2) is 0 Å². The summed E-state index contributed by atoms with van der Waals surface area (Å²) in [6.45, 7) is 3.49. The summed E-state index contributed by atoms with van der Waals surface area (Å²) in [7, 11) is 0. The highest BCUT2D eigenvalue weighted by atomic mass is 35.5. The maximum atomic E-state index is 13.0. The Morgan fingerprint density at radius 2 is 1.94 bits per heavy atom. The molecule has 0 fully saturated rings. The van der Waals surface area contributed by atoms with E-state index in [2.05, 4.69) is 4.98 Å². The van der Waals surface area contributed by atoms with E-state index < -0.39 is 0 Å². The Hall–Kier alpha value is -3.58. The molecule has 32 heavy (non-hydrogen) atoms. The number of nitrogens with zero attached hydrogens (tertiary/aromatic N) is 4. The van der Waals surface area contributed by atoms with Crippen LogP contribution in [0.3, 0.4) is 0 Å². The highest BCUT2D eigenvalue weighted by molar-refractivity contribution is 6.35. The zero-order valence-corrected chi connectivity index (χ0v) is 18.2. The summed E-state index contributed by atoms with van der Waals surface area (Å²) in [6.07, 6.45) is 3.39. The number of aromatic nitrogens is 3. The van der Waals surface area contributed by atoms with Crippen LogP contribution in [0.25, 0.3) is 16.5 Å². The lowest BCUT2D eigenvalue weighted by Crippen LogP contribution is -2.46. The van der Waals surface area contributed by atoms with Crippen molar-refractivity contribution in [2.45, 2.75) is 13.5 Å². The second-order valence-corrected chi connectivity index (χ2v) is 8.16. The Morgan fingerprint density at radius 1 is 1.09 bits per heavy atom. The van der Waals surface area contributed by atoms with Crippen LogP contribution in [0.2, 0.25) is 5.02 Å². The number of hydrogen-bond acceptors (Lipinski definition) is 4. The van der Waals surface area contributed by atoms with Gasteiger partial charge in [-0.2, -0.15) is 0 Å². The van der Waals surface area contributed by atoms with Crippen LogP contribution in [0.1, 0.15) is 16.2 Å². The van der Waals surface area contributed by atoms with Crippen LogP contribution in [-0.4, -0.2) is 44.6 Å². The van der Waals surface area contributed by atoms with Crippen LogP contribution >= 0.6 is 11.6 Å². The fourth-order valence-electron chi connectivity index (χ4n) is 4.02. The van der Waals surface area contributed by atoms with Crippen molar-refractivity contribution < 1.29 is 9.53 Å². The molecule has 1 amide bonds. The van der Waals surface area contributed by atoms with Gasteiger partial charge in [-0.3, -0.25) is 9.59 Å². The average molecular weight is 449 g/mol. The first-order valence-electron chi connectivity index (χ1n) is 10.4. The Kier molecular flexibility index (Phi) is 5.19. The Balaban J connectivity index is 1.29. The maximum Gasteiger partial charge on any atom is 0.275 e. The van der Waals surface area contributed by atoms with E-state index >= 15 is 0 Å². The van der Waals surface area contributed by atoms with Gasteiger partial charge in [0.2, 0.25) is 0 Å². The van der Waals surface area contributed by atoms with Gasteiger partial charge in [-0.1, -0.05) is 35.9 Å². The lowest BCUT2D eigenvalue weighted by atomic mass is 10.1. The zero-order valence-electron chi connectivity index (χ0n) is 17.5. The largest absolute Gasteiger partial charge is 0.492 e. The number of halogens is 1. The number of carbonyl (C=O) groups excluding carboxylic acids is 1. The van der Waals surface area contributed by atoms with Crippen molar-refractivity contribution in [3.63, 3.8) is 0 Å². The first-order chi connectivity index (χ1) is 15.5. The molecule has 0 atom stereocenters. The molecule has 1 aliphatic heterocycles. The standard InChI is InChI=1S/C24H21ClN4O3/c1-16-14-28(15-26-16)21-6-7-22-23(30)27(8-9-29(22)24(21)31)10-11-32-18-12-17-4-2-3-5-19(17)20(25)13-18/h2-7,12-15H,8-11H2,1H3. The number of ether oxygens (including phenoxy) is 1. The van der Waals surface area contributed by atoms with Gasteiger partial charge < -0.3 is 18.8 Å². The van der Waals surface area contributed by atoms with E-state index in [1.807, 2.05) is 37.3 Å². The van der Waals surface area contributed by atoms with E-state index in [-0.39, 0.29) is 11.5 Å². The third-order valence-corrected chi connectivity index (χ3v) is 5.97. The molecule has 0 N–H and O–H groups in total. The van der Waals surface area contributed by atoms with Crippen LogP contribution in [-0.2, 0) is 6.54 Å². The first-order valence-corrected chi connectivity index (χ1v) is 10.7. The van der Waals surface area contributed by atoms with E-state index in [0.29, 0.717) is 48.4 Å². The zero-order chi connectivity index (χ0) is 22.2. The maximum absolute atomic E-state index is 13.0. The molecule has 2 aromatic heterocycles. The van der Waals surface area contributed by atoms with Gasteiger partial charge in [0.25, 0.3) is 11.5 Å². The number of imidazole rings is 1. The highest BCUT2D eigenvalue weighted by Crippen LogP contribution is 2.29. The van der Waals surface area contributed by atoms with Gasteiger partial charge in [-0.15, -0.1) is 0 Å². The minimum atomic E-state index is -0.199. The van der Waals surface area contributed by atoms with Gasteiger partial charge >= 0.3 is 0 Å². The van der Waals surface area contributed by atoms with Crippen molar-refractivity contribution in [1.82, 2.24) is 19.0 Å². The monoisotopic (exact) mass is 448 g/mol. The van der Waals surface area contributed by atoms with Crippen molar-refractivity contribution in [1.29, 1.82) is 0 Å².